The number of hydrogen-bond acceptors (Lipinski definition) is 5. The van der Waals surface area contributed by atoms with E-state index in [9.17, 15) is 21.6 Å². The molecule has 0 spiro atoms. The number of halogens is 5. The number of hydrogen-bond donors (Lipinski definition) is 0. The fraction of sp³-hybridized carbons (Fsp3) is 0.286. The van der Waals surface area contributed by atoms with E-state index in [2.05, 4.69) is 14.5 Å². The Morgan fingerprint density at radius 1 is 1.44 bits per heavy atom. The van der Waals surface area contributed by atoms with E-state index in [1.165, 1.54) is 0 Å². The first-order chi connectivity index (χ1) is 8.04. The molecule has 1 heterocycles. The molecule has 0 saturated carbocycles. The Hall–Kier alpha value is -0.490. The molecule has 0 bridgehead atoms. The highest BCUT2D eigenvalue weighted by Gasteiger charge is 2.36. The molecule has 11 heteroatoms. The number of rotatable bonds is 3. The van der Waals surface area contributed by atoms with E-state index >= 15 is 0 Å². The van der Waals surface area contributed by atoms with Crippen LogP contribution in [0.25, 0.3) is 0 Å². The number of ether oxygens (including phenoxy) is 2. The van der Waals surface area contributed by atoms with Crippen LogP contribution < -0.4 is 9.47 Å². The predicted octanol–water partition coefficient (Wildman–Crippen LogP) is 2.52. The van der Waals surface area contributed by atoms with Crippen LogP contribution >= 0.6 is 33.3 Å². The molecule has 0 aliphatic carbocycles. The summed E-state index contributed by atoms with van der Waals surface area (Å²) >= 11 is 1.60. The standard InChI is InChI=1S/C7H4ClF3INO4S/c1-16-6-5(17-7(9,10)11)3(18(8,14)15)2-4(12)13-6/h2H,1H3. The van der Waals surface area contributed by atoms with Gasteiger partial charge in [-0.15, -0.1) is 13.2 Å². The maximum absolute atomic E-state index is 12.2. The minimum Gasteiger partial charge on any atom is -0.478 e. The van der Waals surface area contributed by atoms with E-state index in [0.29, 0.717) is 0 Å². The minimum atomic E-state index is -5.10. The van der Waals surface area contributed by atoms with Gasteiger partial charge in [-0.05, 0) is 28.7 Å². The molecule has 0 N–H and O–H groups in total. The second kappa shape index (κ2) is 5.25. The lowest BCUT2D eigenvalue weighted by Gasteiger charge is -2.14. The Labute approximate surface area is 118 Å². The van der Waals surface area contributed by atoms with Crippen LogP contribution in [0.15, 0.2) is 11.0 Å². The molecule has 5 nitrogen and oxygen atoms in total. The summed E-state index contributed by atoms with van der Waals surface area (Å²) in [4.78, 5) is 2.70. The van der Waals surface area contributed by atoms with Crippen LogP contribution in [0.3, 0.4) is 0 Å². The van der Waals surface area contributed by atoms with Gasteiger partial charge >= 0.3 is 6.36 Å². The molecule has 18 heavy (non-hydrogen) atoms. The summed E-state index contributed by atoms with van der Waals surface area (Å²) < 4.78 is 67.1. The first-order valence-electron chi connectivity index (χ1n) is 3.99. The third kappa shape index (κ3) is 4.02. The van der Waals surface area contributed by atoms with Gasteiger partial charge in [0.1, 0.15) is 8.60 Å². The molecular weight excluding hydrogens is 413 g/mol. The van der Waals surface area contributed by atoms with Crippen LogP contribution in [-0.2, 0) is 9.05 Å². The normalized spacial score (nSPS) is 12.3. The monoisotopic (exact) mass is 417 g/mol. The molecule has 102 valence electrons. The average Bonchev–Trinajstić information content (AvgIpc) is 2.16. The number of methoxy groups -OCH3 is 1. The molecule has 0 radical (unpaired) electrons. The van der Waals surface area contributed by atoms with E-state index in [0.717, 1.165) is 13.2 Å². The van der Waals surface area contributed by atoms with Crippen LogP contribution in [0, 0.1) is 3.70 Å². The molecule has 0 aliphatic heterocycles. The van der Waals surface area contributed by atoms with Crippen molar-refractivity contribution in [3.05, 3.63) is 9.77 Å². The van der Waals surface area contributed by atoms with Gasteiger partial charge in [-0.2, -0.15) is 0 Å². The molecule has 1 aromatic heterocycles. The van der Waals surface area contributed by atoms with Gasteiger partial charge in [-0.25, -0.2) is 13.4 Å². The van der Waals surface area contributed by atoms with Crippen LogP contribution in [0.5, 0.6) is 11.6 Å². The van der Waals surface area contributed by atoms with Crippen molar-refractivity contribution in [1.29, 1.82) is 0 Å². The quantitative estimate of drug-likeness (QED) is 0.430. The summed E-state index contributed by atoms with van der Waals surface area (Å²) in [7, 11) is 1.61. The van der Waals surface area contributed by atoms with Crippen molar-refractivity contribution < 1.29 is 31.1 Å². The van der Waals surface area contributed by atoms with Crippen molar-refractivity contribution >= 4 is 42.3 Å². The topological polar surface area (TPSA) is 65.5 Å². The molecule has 1 aromatic rings. The third-order valence-corrected chi connectivity index (χ3v) is 3.43. The lowest BCUT2D eigenvalue weighted by Crippen LogP contribution is -2.19. The van der Waals surface area contributed by atoms with Gasteiger partial charge < -0.3 is 9.47 Å². The molecule has 0 aromatic carbocycles. The smallest absolute Gasteiger partial charge is 0.478 e. The number of pyridine rings is 1. The lowest BCUT2D eigenvalue weighted by molar-refractivity contribution is -0.276. The van der Waals surface area contributed by atoms with Crippen molar-refractivity contribution in [3.63, 3.8) is 0 Å². The minimum absolute atomic E-state index is 0.0817. The molecule has 0 unspecified atom stereocenters. The van der Waals surface area contributed by atoms with E-state index in [-0.39, 0.29) is 3.70 Å². The van der Waals surface area contributed by atoms with Gasteiger partial charge in [0.25, 0.3) is 14.9 Å². The SMILES string of the molecule is COc1nc(I)cc(S(=O)(=O)Cl)c1OC(F)(F)F. The van der Waals surface area contributed by atoms with Gasteiger partial charge in [0.05, 0.1) is 7.11 Å². The lowest BCUT2D eigenvalue weighted by atomic mass is 10.4. The Kier molecular flexibility index (Phi) is 4.54. The van der Waals surface area contributed by atoms with Crippen molar-refractivity contribution in [3.8, 4) is 11.6 Å². The van der Waals surface area contributed by atoms with Gasteiger partial charge in [-0.1, -0.05) is 0 Å². The highest BCUT2D eigenvalue weighted by atomic mass is 127. The summed E-state index contributed by atoms with van der Waals surface area (Å²) in [5.74, 6) is -1.72. The highest BCUT2D eigenvalue weighted by Crippen LogP contribution is 2.38. The van der Waals surface area contributed by atoms with Gasteiger partial charge in [-0.3, -0.25) is 0 Å². The van der Waals surface area contributed by atoms with E-state index < -0.39 is 31.9 Å². The summed E-state index contributed by atoms with van der Waals surface area (Å²) in [5.41, 5.74) is 0. The van der Waals surface area contributed by atoms with Crippen LogP contribution in [0.2, 0.25) is 0 Å². The number of aromatic nitrogens is 1. The third-order valence-electron chi connectivity index (χ3n) is 1.55. The van der Waals surface area contributed by atoms with Crippen LogP contribution in [-0.4, -0.2) is 26.9 Å². The maximum Gasteiger partial charge on any atom is 0.573 e. The van der Waals surface area contributed by atoms with Crippen LogP contribution in [0.4, 0.5) is 13.2 Å². The second-order valence-corrected chi connectivity index (χ2v) is 6.41. The molecule has 1 rings (SSSR count). The summed E-state index contributed by atoms with van der Waals surface area (Å²) in [6, 6.07) is 0.840. The van der Waals surface area contributed by atoms with E-state index in [4.69, 9.17) is 10.7 Å². The van der Waals surface area contributed by atoms with Crippen LogP contribution in [0.1, 0.15) is 0 Å². The number of alkyl halides is 3. The zero-order valence-electron chi connectivity index (χ0n) is 8.46. The Morgan fingerprint density at radius 3 is 2.39 bits per heavy atom. The second-order valence-electron chi connectivity index (χ2n) is 2.77. The molecule has 0 saturated heterocycles. The predicted molar refractivity (Wildman–Crippen MR) is 63.2 cm³/mol. The van der Waals surface area contributed by atoms with Gasteiger partial charge in [0, 0.05) is 10.7 Å². The zero-order valence-corrected chi connectivity index (χ0v) is 12.2. The molecule has 0 atom stereocenters. The maximum atomic E-state index is 12.2. The summed E-state index contributed by atoms with van der Waals surface area (Å²) in [5, 5.41) is 0. The molecule has 0 aliphatic rings. The van der Waals surface area contributed by atoms with Gasteiger partial charge in [0.2, 0.25) is 5.75 Å². The van der Waals surface area contributed by atoms with E-state index in [1.54, 1.807) is 22.6 Å². The first-order valence-corrected chi connectivity index (χ1v) is 7.38. The van der Waals surface area contributed by atoms with Crippen molar-refractivity contribution in [2.75, 3.05) is 7.11 Å². The van der Waals surface area contributed by atoms with Crippen molar-refractivity contribution in [1.82, 2.24) is 4.98 Å². The Balaban J connectivity index is 3.53. The zero-order chi connectivity index (χ0) is 14.1. The largest absolute Gasteiger partial charge is 0.573 e. The molecule has 0 amide bonds. The van der Waals surface area contributed by atoms with E-state index in [1.807, 2.05) is 0 Å². The van der Waals surface area contributed by atoms with Gasteiger partial charge in [0.15, 0.2) is 0 Å². The van der Waals surface area contributed by atoms with Crippen molar-refractivity contribution in [2.24, 2.45) is 0 Å². The first kappa shape index (κ1) is 15.6. The molecule has 0 fully saturated rings. The molecular formula is C7H4ClF3INO4S. The Bertz CT molecular complexity index is 563. The fourth-order valence-electron chi connectivity index (χ4n) is 0.988. The fourth-order valence-corrected chi connectivity index (χ4v) is 2.68. The summed E-state index contributed by atoms with van der Waals surface area (Å²) in [6.45, 7) is 0. The number of nitrogens with zero attached hydrogens (tertiary/aromatic N) is 1. The Morgan fingerprint density at radius 2 is 2.00 bits per heavy atom. The average molecular weight is 418 g/mol. The highest BCUT2D eigenvalue weighted by molar-refractivity contribution is 14.1. The summed E-state index contributed by atoms with van der Waals surface area (Å²) in [6.07, 6.45) is -5.10. The van der Waals surface area contributed by atoms with Crippen molar-refractivity contribution in [2.45, 2.75) is 11.3 Å².